The van der Waals surface area contributed by atoms with Gasteiger partial charge in [-0.3, -0.25) is 4.79 Å². The lowest BCUT2D eigenvalue weighted by Crippen LogP contribution is -2.41. The topological polar surface area (TPSA) is 75.7 Å². The fraction of sp³-hybridized carbons (Fsp3) is 0.462. The first-order valence-corrected chi connectivity index (χ1v) is 7.87. The van der Waals surface area contributed by atoms with Gasteiger partial charge in [0, 0.05) is 20.2 Å². The van der Waals surface area contributed by atoms with Gasteiger partial charge in [-0.2, -0.15) is 4.31 Å². The van der Waals surface area contributed by atoms with Gasteiger partial charge >= 0.3 is 0 Å². The molecule has 118 valence electrons. The van der Waals surface area contributed by atoms with Gasteiger partial charge in [-0.1, -0.05) is 6.92 Å². The molecule has 8 heteroatoms. The highest BCUT2D eigenvalue weighted by atomic mass is 32.2. The molecule has 1 aromatic rings. The third-order valence-electron chi connectivity index (χ3n) is 2.75. The molecule has 0 heterocycles. The summed E-state index contributed by atoms with van der Waals surface area (Å²) in [7, 11) is -2.32. The highest BCUT2D eigenvalue weighted by Gasteiger charge is 2.25. The highest BCUT2D eigenvalue weighted by molar-refractivity contribution is 7.89. The van der Waals surface area contributed by atoms with Crippen LogP contribution in [0.15, 0.2) is 29.2 Å². The fourth-order valence-corrected chi connectivity index (χ4v) is 3.04. The van der Waals surface area contributed by atoms with Gasteiger partial charge in [0.2, 0.25) is 15.9 Å². The Bertz CT molecular complexity index is 560. The van der Waals surface area contributed by atoms with Crippen LogP contribution in [0.25, 0.3) is 0 Å². The molecule has 1 rings (SSSR count). The van der Waals surface area contributed by atoms with Gasteiger partial charge < -0.3 is 10.1 Å². The summed E-state index contributed by atoms with van der Waals surface area (Å²) in [5, 5.41) is 2.55. The van der Waals surface area contributed by atoms with Crippen LogP contribution in [0.5, 0.6) is 0 Å². The van der Waals surface area contributed by atoms with E-state index in [-0.39, 0.29) is 18.0 Å². The molecule has 0 fully saturated rings. The zero-order valence-electron chi connectivity index (χ0n) is 12.0. The van der Waals surface area contributed by atoms with Crippen LogP contribution in [0, 0.1) is 5.82 Å². The van der Waals surface area contributed by atoms with E-state index in [4.69, 9.17) is 4.74 Å². The molecular formula is C13H19FN2O4S. The van der Waals surface area contributed by atoms with Gasteiger partial charge in [0.25, 0.3) is 0 Å². The van der Waals surface area contributed by atoms with Crippen LogP contribution in [0.2, 0.25) is 0 Å². The Morgan fingerprint density at radius 3 is 2.48 bits per heavy atom. The number of nitrogens with one attached hydrogen (secondary N) is 1. The third kappa shape index (κ3) is 5.07. The van der Waals surface area contributed by atoms with Gasteiger partial charge in [0.15, 0.2) is 0 Å². The van der Waals surface area contributed by atoms with Crippen molar-refractivity contribution in [2.75, 3.05) is 33.4 Å². The number of hydrogen-bond acceptors (Lipinski definition) is 4. The van der Waals surface area contributed by atoms with E-state index < -0.39 is 21.7 Å². The van der Waals surface area contributed by atoms with Gasteiger partial charge in [0.05, 0.1) is 18.0 Å². The first-order chi connectivity index (χ1) is 9.91. The summed E-state index contributed by atoms with van der Waals surface area (Å²) >= 11 is 0. The molecule has 0 unspecified atom stereocenters. The van der Waals surface area contributed by atoms with Crippen molar-refractivity contribution >= 4 is 15.9 Å². The summed E-state index contributed by atoms with van der Waals surface area (Å²) in [5.74, 6) is -0.936. The van der Waals surface area contributed by atoms with Crippen LogP contribution >= 0.6 is 0 Å². The van der Waals surface area contributed by atoms with E-state index in [0.717, 1.165) is 16.4 Å². The van der Waals surface area contributed by atoms with Crippen molar-refractivity contribution in [1.82, 2.24) is 9.62 Å². The Hall–Kier alpha value is -1.51. The van der Waals surface area contributed by atoms with E-state index in [1.807, 2.05) is 0 Å². The van der Waals surface area contributed by atoms with E-state index in [2.05, 4.69) is 5.32 Å². The zero-order valence-corrected chi connectivity index (χ0v) is 12.8. The predicted octanol–water partition coefficient (Wildman–Crippen LogP) is 0.599. The average Bonchev–Trinajstić information content (AvgIpc) is 2.45. The Morgan fingerprint density at radius 1 is 1.33 bits per heavy atom. The monoisotopic (exact) mass is 318 g/mol. The van der Waals surface area contributed by atoms with Crippen LogP contribution in [-0.4, -0.2) is 52.0 Å². The van der Waals surface area contributed by atoms with Gasteiger partial charge in [0.1, 0.15) is 5.82 Å². The maximum Gasteiger partial charge on any atom is 0.243 e. The molecule has 21 heavy (non-hydrogen) atoms. The SMILES string of the molecule is CCN(CC(=O)NCCOC)S(=O)(=O)c1ccc(F)cc1. The maximum atomic E-state index is 12.9. The summed E-state index contributed by atoms with van der Waals surface area (Å²) in [6.45, 7) is 2.13. The number of methoxy groups -OCH3 is 1. The maximum absolute atomic E-state index is 12.9. The lowest BCUT2D eigenvalue weighted by atomic mass is 10.4. The smallest absolute Gasteiger partial charge is 0.243 e. The molecular weight excluding hydrogens is 299 g/mol. The van der Waals surface area contributed by atoms with Crippen molar-refractivity contribution in [2.24, 2.45) is 0 Å². The van der Waals surface area contributed by atoms with Gasteiger partial charge in [-0.25, -0.2) is 12.8 Å². The summed E-state index contributed by atoms with van der Waals surface area (Å²) < 4.78 is 43.4. The number of likely N-dealkylation sites (N-methyl/N-ethyl adjacent to an activating group) is 1. The van der Waals surface area contributed by atoms with E-state index in [0.29, 0.717) is 13.2 Å². The molecule has 1 aromatic carbocycles. The molecule has 0 saturated heterocycles. The van der Waals surface area contributed by atoms with Crippen molar-refractivity contribution in [3.8, 4) is 0 Å². The fourth-order valence-electron chi connectivity index (χ4n) is 1.63. The first-order valence-electron chi connectivity index (χ1n) is 6.43. The van der Waals surface area contributed by atoms with Crippen molar-refractivity contribution < 1.29 is 22.3 Å². The standard InChI is InChI=1S/C13H19FN2O4S/c1-3-16(10-13(17)15-8-9-20-2)21(18,19)12-6-4-11(14)5-7-12/h4-7H,3,8-10H2,1-2H3,(H,15,17). The largest absolute Gasteiger partial charge is 0.383 e. The third-order valence-corrected chi connectivity index (χ3v) is 4.69. The zero-order chi connectivity index (χ0) is 15.9. The van der Waals surface area contributed by atoms with Crippen LogP contribution in [0.1, 0.15) is 6.92 Å². The Labute approximate surface area is 123 Å². The number of carbonyl (C=O) groups is 1. The Morgan fingerprint density at radius 2 is 1.95 bits per heavy atom. The number of rotatable bonds is 8. The second kappa shape index (κ2) is 8.06. The first kappa shape index (κ1) is 17.5. The molecule has 0 aliphatic rings. The highest BCUT2D eigenvalue weighted by Crippen LogP contribution is 2.15. The molecule has 0 saturated carbocycles. The summed E-state index contributed by atoms with van der Waals surface area (Å²) in [4.78, 5) is 11.6. The van der Waals surface area contributed by atoms with E-state index in [9.17, 15) is 17.6 Å². The predicted molar refractivity (Wildman–Crippen MR) is 75.7 cm³/mol. The molecule has 0 atom stereocenters. The van der Waals surface area contributed by atoms with E-state index in [1.165, 1.54) is 19.2 Å². The molecule has 0 bridgehead atoms. The van der Waals surface area contributed by atoms with Crippen LogP contribution in [-0.2, 0) is 19.6 Å². The normalized spacial score (nSPS) is 11.6. The summed E-state index contributed by atoms with van der Waals surface area (Å²) in [6, 6.07) is 4.49. The van der Waals surface area contributed by atoms with E-state index in [1.54, 1.807) is 6.92 Å². The van der Waals surface area contributed by atoms with Crippen molar-refractivity contribution in [2.45, 2.75) is 11.8 Å². The molecule has 0 aliphatic heterocycles. The van der Waals surface area contributed by atoms with Gasteiger partial charge in [-0.05, 0) is 24.3 Å². The number of sulfonamides is 1. The number of amides is 1. The lowest BCUT2D eigenvalue weighted by molar-refractivity contribution is -0.121. The molecule has 0 aliphatic carbocycles. The Balaban J connectivity index is 2.78. The number of halogens is 1. The number of benzene rings is 1. The summed E-state index contributed by atoms with van der Waals surface area (Å²) in [6.07, 6.45) is 0. The molecule has 0 radical (unpaired) electrons. The molecule has 6 nitrogen and oxygen atoms in total. The molecule has 1 N–H and O–H groups in total. The number of carbonyl (C=O) groups excluding carboxylic acids is 1. The minimum atomic E-state index is -3.82. The number of hydrogen-bond donors (Lipinski definition) is 1. The minimum Gasteiger partial charge on any atom is -0.383 e. The van der Waals surface area contributed by atoms with Crippen molar-refractivity contribution in [1.29, 1.82) is 0 Å². The number of nitrogens with zero attached hydrogens (tertiary/aromatic N) is 1. The second-order valence-corrected chi connectivity index (χ2v) is 6.17. The minimum absolute atomic E-state index is 0.0459. The average molecular weight is 318 g/mol. The summed E-state index contributed by atoms with van der Waals surface area (Å²) in [5.41, 5.74) is 0. The second-order valence-electron chi connectivity index (χ2n) is 4.23. The van der Waals surface area contributed by atoms with Crippen LogP contribution < -0.4 is 5.32 Å². The Kier molecular flexibility index (Phi) is 6.73. The molecule has 1 amide bonds. The van der Waals surface area contributed by atoms with Crippen molar-refractivity contribution in [3.63, 3.8) is 0 Å². The lowest BCUT2D eigenvalue weighted by Gasteiger charge is -2.20. The van der Waals surface area contributed by atoms with E-state index >= 15 is 0 Å². The quantitative estimate of drug-likeness (QED) is 0.712. The van der Waals surface area contributed by atoms with Gasteiger partial charge in [-0.15, -0.1) is 0 Å². The number of ether oxygens (including phenoxy) is 1. The van der Waals surface area contributed by atoms with Crippen LogP contribution in [0.4, 0.5) is 4.39 Å². The van der Waals surface area contributed by atoms with Crippen molar-refractivity contribution in [3.05, 3.63) is 30.1 Å². The molecule has 0 spiro atoms. The van der Waals surface area contributed by atoms with Crippen LogP contribution in [0.3, 0.4) is 0 Å². The molecule has 0 aromatic heterocycles.